The van der Waals surface area contributed by atoms with E-state index in [1.54, 1.807) is 13.0 Å². The van der Waals surface area contributed by atoms with E-state index in [4.69, 9.17) is 28.3 Å². The smallest absolute Gasteiger partial charge is 0.175 e. The summed E-state index contributed by atoms with van der Waals surface area (Å²) in [5.41, 5.74) is 0. The van der Waals surface area contributed by atoms with Crippen molar-refractivity contribution in [1.82, 2.24) is 10.5 Å². The van der Waals surface area contributed by atoms with Crippen LogP contribution in [0.25, 0.3) is 0 Å². The zero-order valence-corrected chi connectivity index (χ0v) is 11.9. The Morgan fingerprint density at radius 2 is 2.33 bits per heavy atom. The van der Waals surface area contributed by atoms with Gasteiger partial charge in [0.25, 0.3) is 0 Å². The number of anilines is 1. The van der Waals surface area contributed by atoms with Gasteiger partial charge >= 0.3 is 0 Å². The van der Waals surface area contributed by atoms with Gasteiger partial charge in [0.05, 0.1) is 22.9 Å². The van der Waals surface area contributed by atoms with Crippen LogP contribution in [0.4, 0.5) is 5.82 Å². The summed E-state index contributed by atoms with van der Waals surface area (Å²) >= 11 is 11.0. The van der Waals surface area contributed by atoms with E-state index in [-0.39, 0.29) is 22.7 Å². The van der Waals surface area contributed by atoms with Crippen molar-refractivity contribution in [1.29, 1.82) is 0 Å². The second-order valence-corrected chi connectivity index (χ2v) is 7.24. The van der Waals surface area contributed by atoms with Gasteiger partial charge in [-0.3, -0.25) is 0 Å². The molecule has 1 aromatic heterocycles. The van der Waals surface area contributed by atoms with Crippen LogP contribution in [0.1, 0.15) is 5.76 Å². The van der Waals surface area contributed by atoms with Gasteiger partial charge in [0.2, 0.25) is 0 Å². The number of sulfone groups is 1. The third-order valence-electron chi connectivity index (χ3n) is 2.47. The Labute approximate surface area is 115 Å². The molecule has 2 heterocycles. The second-order valence-electron chi connectivity index (χ2n) is 4.12. The van der Waals surface area contributed by atoms with E-state index in [9.17, 15) is 8.42 Å². The third kappa shape index (κ3) is 3.33. The van der Waals surface area contributed by atoms with Gasteiger partial charge < -0.3 is 15.2 Å². The summed E-state index contributed by atoms with van der Waals surface area (Å²) in [7, 11) is -3.08. The maximum absolute atomic E-state index is 11.4. The summed E-state index contributed by atoms with van der Waals surface area (Å²) < 4.78 is 27.6. The second kappa shape index (κ2) is 5.02. The number of rotatable bonds is 2. The molecule has 9 heteroatoms. The van der Waals surface area contributed by atoms with Crippen LogP contribution in [-0.2, 0) is 9.84 Å². The number of alkyl halides is 1. The molecule has 1 aliphatic rings. The van der Waals surface area contributed by atoms with Gasteiger partial charge in [-0.2, -0.15) is 0 Å². The Balaban J connectivity index is 1.92. The fourth-order valence-corrected chi connectivity index (χ4v) is 4.49. The van der Waals surface area contributed by atoms with Crippen molar-refractivity contribution in [2.45, 2.75) is 18.3 Å². The van der Waals surface area contributed by atoms with Crippen molar-refractivity contribution < 1.29 is 12.9 Å². The van der Waals surface area contributed by atoms with Crippen molar-refractivity contribution in [2.75, 3.05) is 16.8 Å². The molecular weight excluding hydrogens is 298 g/mol. The highest BCUT2D eigenvalue weighted by molar-refractivity contribution is 7.91. The molecule has 0 radical (unpaired) electrons. The SMILES string of the molecule is Cc1cc(NC(=S)N[C@H]2CS(=O)(=O)C[C@@H]2Cl)no1. The van der Waals surface area contributed by atoms with Gasteiger partial charge in [0.15, 0.2) is 20.8 Å². The molecule has 0 amide bonds. The third-order valence-corrected chi connectivity index (χ3v) is 5.06. The predicted octanol–water partition coefficient (Wildman–Crippen LogP) is 0.674. The molecule has 2 atom stereocenters. The summed E-state index contributed by atoms with van der Waals surface area (Å²) in [6, 6.07) is 1.29. The molecule has 0 saturated carbocycles. The van der Waals surface area contributed by atoms with E-state index in [0.717, 1.165) is 0 Å². The van der Waals surface area contributed by atoms with Crippen LogP contribution in [0.3, 0.4) is 0 Å². The first kappa shape index (κ1) is 13.6. The van der Waals surface area contributed by atoms with E-state index in [1.807, 2.05) is 0 Å². The molecule has 1 saturated heterocycles. The topological polar surface area (TPSA) is 84.2 Å². The first-order valence-corrected chi connectivity index (χ1v) is 7.88. The minimum absolute atomic E-state index is 0.0131. The lowest BCUT2D eigenvalue weighted by Gasteiger charge is -2.16. The molecule has 0 bridgehead atoms. The van der Waals surface area contributed by atoms with E-state index in [2.05, 4.69) is 15.8 Å². The Hall–Kier alpha value is -0.860. The molecule has 18 heavy (non-hydrogen) atoms. The average Bonchev–Trinajstić information content (AvgIpc) is 2.71. The molecular formula is C9H12ClN3O3S2. The number of halogens is 1. The first-order valence-electron chi connectivity index (χ1n) is 5.21. The maximum atomic E-state index is 11.4. The number of aryl methyl sites for hydroxylation is 1. The van der Waals surface area contributed by atoms with Crippen LogP contribution in [0.15, 0.2) is 10.6 Å². The Kier molecular flexibility index (Phi) is 3.79. The summed E-state index contributed by atoms with van der Waals surface area (Å²) in [6.45, 7) is 1.76. The van der Waals surface area contributed by atoms with Crippen LogP contribution in [0.2, 0.25) is 0 Å². The molecule has 1 aliphatic heterocycles. The Morgan fingerprint density at radius 3 is 2.83 bits per heavy atom. The van der Waals surface area contributed by atoms with Crippen LogP contribution in [0.5, 0.6) is 0 Å². The van der Waals surface area contributed by atoms with Crippen molar-refractivity contribution in [3.05, 3.63) is 11.8 Å². The monoisotopic (exact) mass is 309 g/mol. The first-order chi connectivity index (χ1) is 8.35. The molecule has 1 fully saturated rings. The van der Waals surface area contributed by atoms with Gasteiger partial charge in [0, 0.05) is 6.07 Å². The lowest BCUT2D eigenvalue weighted by atomic mass is 10.2. The standard InChI is InChI=1S/C9H12ClN3O3S2/c1-5-2-8(13-16-5)12-9(17)11-7-4-18(14,15)3-6(7)10/h2,6-7H,3-4H2,1H3,(H2,11,12,13,17)/t6-,7-/m0/s1. The zero-order valence-electron chi connectivity index (χ0n) is 9.51. The van der Waals surface area contributed by atoms with Crippen LogP contribution < -0.4 is 10.6 Å². The Bertz CT molecular complexity index is 557. The minimum Gasteiger partial charge on any atom is -0.360 e. The van der Waals surface area contributed by atoms with Crippen LogP contribution in [0, 0.1) is 6.92 Å². The van der Waals surface area contributed by atoms with Crippen molar-refractivity contribution in [3.8, 4) is 0 Å². The number of nitrogens with zero attached hydrogens (tertiary/aromatic N) is 1. The molecule has 0 unspecified atom stereocenters. The quantitative estimate of drug-likeness (QED) is 0.613. The lowest BCUT2D eigenvalue weighted by Crippen LogP contribution is -2.42. The molecule has 100 valence electrons. The number of hydrogen-bond acceptors (Lipinski definition) is 5. The molecule has 6 nitrogen and oxygen atoms in total. The van der Waals surface area contributed by atoms with Gasteiger partial charge in [-0.25, -0.2) is 8.42 Å². The molecule has 2 N–H and O–H groups in total. The largest absolute Gasteiger partial charge is 0.360 e. The van der Waals surface area contributed by atoms with Crippen molar-refractivity contribution in [3.63, 3.8) is 0 Å². The molecule has 2 rings (SSSR count). The maximum Gasteiger partial charge on any atom is 0.175 e. The fourth-order valence-electron chi connectivity index (χ4n) is 1.68. The lowest BCUT2D eigenvalue weighted by molar-refractivity contribution is 0.400. The van der Waals surface area contributed by atoms with E-state index >= 15 is 0 Å². The summed E-state index contributed by atoms with van der Waals surface area (Å²) in [6.07, 6.45) is 0. The number of nitrogens with one attached hydrogen (secondary N) is 2. The zero-order chi connectivity index (χ0) is 13.3. The van der Waals surface area contributed by atoms with Gasteiger partial charge in [-0.05, 0) is 19.1 Å². The highest BCUT2D eigenvalue weighted by Crippen LogP contribution is 2.18. The van der Waals surface area contributed by atoms with Gasteiger partial charge in [0.1, 0.15) is 5.76 Å². The normalized spacial score (nSPS) is 25.9. The van der Waals surface area contributed by atoms with E-state index in [0.29, 0.717) is 11.6 Å². The van der Waals surface area contributed by atoms with Gasteiger partial charge in [-0.15, -0.1) is 11.6 Å². The number of thiocarbonyl (C=S) groups is 1. The minimum atomic E-state index is -3.08. The van der Waals surface area contributed by atoms with Crippen molar-refractivity contribution >= 4 is 44.6 Å². The molecule has 0 aliphatic carbocycles. The van der Waals surface area contributed by atoms with Crippen LogP contribution >= 0.6 is 23.8 Å². The average molecular weight is 310 g/mol. The number of hydrogen-bond donors (Lipinski definition) is 2. The Morgan fingerprint density at radius 1 is 1.61 bits per heavy atom. The molecule has 1 aromatic rings. The fraction of sp³-hybridized carbons (Fsp3) is 0.556. The van der Waals surface area contributed by atoms with Crippen molar-refractivity contribution in [2.24, 2.45) is 0 Å². The highest BCUT2D eigenvalue weighted by atomic mass is 35.5. The molecule has 0 aromatic carbocycles. The number of aromatic nitrogens is 1. The summed E-state index contributed by atoms with van der Waals surface area (Å²) in [5, 5.41) is 9.18. The predicted molar refractivity (Wildman–Crippen MR) is 72.7 cm³/mol. The van der Waals surface area contributed by atoms with E-state index in [1.165, 1.54) is 0 Å². The van der Waals surface area contributed by atoms with Gasteiger partial charge in [-0.1, -0.05) is 5.16 Å². The summed E-state index contributed by atoms with van der Waals surface area (Å²) in [5.74, 6) is 1.08. The highest BCUT2D eigenvalue weighted by Gasteiger charge is 2.36. The summed E-state index contributed by atoms with van der Waals surface area (Å²) in [4.78, 5) is 0. The van der Waals surface area contributed by atoms with E-state index < -0.39 is 15.2 Å². The molecule has 0 spiro atoms. The van der Waals surface area contributed by atoms with Crippen LogP contribution in [-0.4, -0.2) is 41.6 Å².